The summed E-state index contributed by atoms with van der Waals surface area (Å²) in [7, 11) is -5.72. The van der Waals surface area contributed by atoms with Crippen LogP contribution in [0.3, 0.4) is 0 Å². The molecule has 0 aliphatic heterocycles. The van der Waals surface area contributed by atoms with Crippen LogP contribution in [-0.4, -0.2) is 13.9 Å². The molecular weight excluding hydrogens is 504 g/mol. The molecule has 28 heavy (non-hydrogen) atoms. The predicted octanol–water partition coefficient (Wildman–Crippen LogP) is 6.24. The fourth-order valence-electron chi connectivity index (χ4n) is 2.79. The molecule has 2 aromatic carbocycles. The van der Waals surface area contributed by atoms with Gasteiger partial charge in [0.25, 0.3) is 0 Å². The molecule has 2 aromatic rings. The van der Waals surface area contributed by atoms with E-state index in [1.54, 1.807) is 32.0 Å². The minimum absolute atomic E-state index is 0.238. The predicted molar refractivity (Wildman–Crippen MR) is 113 cm³/mol. The van der Waals surface area contributed by atoms with Crippen LogP contribution in [0.4, 0.5) is 13.2 Å². The molecule has 0 fully saturated rings. The third kappa shape index (κ3) is 5.07. The summed E-state index contributed by atoms with van der Waals surface area (Å²) in [5.41, 5.74) is -2.36. The zero-order valence-electron chi connectivity index (χ0n) is 16.6. The Morgan fingerprint density at radius 3 is 1.93 bits per heavy atom. The Hall–Kier alpha value is -1.13. The Balaban J connectivity index is 2.72. The number of halogens is 4. The van der Waals surface area contributed by atoms with Gasteiger partial charge in [0.05, 0.1) is 0 Å². The van der Waals surface area contributed by atoms with Crippen molar-refractivity contribution in [1.82, 2.24) is 0 Å². The van der Waals surface area contributed by atoms with Crippen LogP contribution >= 0.6 is 20.2 Å². The van der Waals surface area contributed by atoms with E-state index in [1.165, 1.54) is 0 Å². The molecule has 0 bridgehead atoms. The Kier molecular flexibility index (Phi) is 6.57. The van der Waals surface area contributed by atoms with E-state index in [0.717, 1.165) is 22.3 Å². The van der Waals surface area contributed by atoms with Crippen molar-refractivity contribution in [2.45, 2.75) is 52.5 Å². The van der Waals surface area contributed by atoms with Crippen molar-refractivity contribution in [3.63, 3.8) is 0 Å². The van der Waals surface area contributed by atoms with Crippen LogP contribution in [0, 0.1) is 27.9 Å². The van der Waals surface area contributed by atoms with Gasteiger partial charge in [0, 0.05) is 0 Å². The number of hydrogen-bond acceptors (Lipinski definition) is 3. The molecule has 0 atom stereocenters. The molecule has 8 heteroatoms. The maximum atomic E-state index is 13.1. The summed E-state index contributed by atoms with van der Waals surface area (Å²) in [5, 5.41) is 0. The van der Waals surface area contributed by atoms with Crippen LogP contribution in [0.15, 0.2) is 36.4 Å². The fraction of sp³-hybridized carbons (Fsp3) is 0.400. The number of aryl methyl sites for hydroxylation is 3. The summed E-state index contributed by atoms with van der Waals surface area (Å²) in [4.78, 5) is 0. The molecule has 3 nitrogen and oxygen atoms in total. The first kappa shape index (κ1) is 23.2. The van der Waals surface area contributed by atoms with Crippen molar-refractivity contribution in [3.8, 4) is 0 Å². The van der Waals surface area contributed by atoms with Gasteiger partial charge >= 0.3 is 173 Å². The Morgan fingerprint density at radius 2 is 1.46 bits per heavy atom. The SMILES string of the molecule is Cc1cc(C)c(I(OS(=O)(=O)C(F)(F)F)c2cccc(C(C)(C)C)c2)c(C)c1. The fourth-order valence-corrected chi connectivity index (χ4v) is 9.99. The van der Waals surface area contributed by atoms with Crippen molar-refractivity contribution in [2.24, 2.45) is 0 Å². The summed E-state index contributed by atoms with van der Waals surface area (Å²) in [5.74, 6) is 0. The second-order valence-electron chi connectivity index (χ2n) is 7.68. The summed E-state index contributed by atoms with van der Waals surface area (Å²) >= 11 is -3.41. The van der Waals surface area contributed by atoms with E-state index in [0.29, 0.717) is 7.14 Å². The van der Waals surface area contributed by atoms with E-state index in [9.17, 15) is 21.6 Å². The van der Waals surface area contributed by atoms with Crippen molar-refractivity contribution in [3.05, 3.63) is 65.8 Å². The quantitative estimate of drug-likeness (QED) is 0.349. The average Bonchev–Trinajstić information content (AvgIpc) is 2.51. The first-order valence-corrected chi connectivity index (χ1v) is 13.0. The van der Waals surface area contributed by atoms with Gasteiger partial charge < -0.3 is 0 Å². The maximum absolute atomic E-state index is 13.1. The summed E-state index contributed by atoms with van der Waals surface area (Å²) in [6.45, 7) is 11.4. The Labute approximate surface area is 172 Å². The third-order valence-electron chi connectivity index (χ3n) is 4.07. The van der Waals surface area contributed by atoms with Crippen LogP contribution in [0.2, 0.25) is 0 Å². The summed E-state index contributed by atoms with van der Waals surface area (Å²) in [6.07, 6.45) is 0. The van der Waals surface area contributed by atoms with E-state index < -0.39 is 35.9 Å². The number of hydrogen-bond donors (Lipinski definition) is 0. The molecule has 0 amide bonds. The topological polar surface area (TPSA) is 43.4 Å². The van der Waals surface area contributed by atoms with Gasteiger partial charge in [-0.05, 0) is 0 Å². The number of benzene rings is 2. The molecule has 2 rings (SSSR count). The molecular formula is C20H24F3IO3S. The van der Waals surface area contributed by atoms with Crippen molar-refractivity contribution >= 4 is 30.4 Å². The van der Waals surface area contributed by atoms with E-state index in [2.05, 4.69) is 0 Å². The van der Waals surface area contributed by atoms with E-state index in [1.807, 2.05) is 45.9 Å². The van der Waals surface area contributed by atoms with Crippen LogP contribution in [-0.2, 0) is 18.0 Å². The first-order valence-electron chi connectivity index (χ1n) is 8.53. The Bertz CT molecular complexity index is 954. The van der Waals surface area contributed by atoms with Gasteiger partial charge in [0.15, 0.2) is 0 Å². The zero-order valence-corrected chi connectivity index (χ0v) is 19.6. The summed E-state index contributed by atoms with van der Waals surface area (Å²) in [6, 6.07) is 10.7. The average molecular weight is 528 g/mol. The molecule has 0 saturated heterocycles. The van der Waals surface area contributed by atoms with E-state index >= 15 is 0 Å². The van der Waals surface area contributed by atoms with Crippen molar-refractivity contribution in [2.75, 3.05) is 0 Å². The normalized spacial score (nSPS) is 13.5. The molecule has 0 unspecified atom stereocenters. The van der Waals surface area contributed by atoms with Crippen LogP contribution in [0.25, 0.3) is 0 Å². The zero-order chi connectivity index (χ0) is 21.5. The number of alkyl halides is 3. The van der Waals surface area contributed by atoms with Gasteiger partial charge in [-0.15, -0.1) is 0 Å². The number of rotatable bonds is 4. The van der Waals surface area contributed by atoms with Crippen LogP contribution in [0.1, 0.15) is 43.0 Å². The minimum atomic E-state index is -5.72. The molecule has 0 aromatic heterocycles. The van der Waals surface area contributed by atoms with Gasteiger partial charge in [-0.25, -0.2) is 0 Å². The molecule has 0 N–H and O–H groups in total. The molecule has 0 aliphatic rings. The van der Waals surface area contributed by atoms with Gasteiger partial charge in [-0.1, -0.05) is 0 Å². The monoisotopic (exact) mass is 528 g/mol. The molecule has 0 spiro atoms. The third-order valence-corrected chi connectivity index (χ3v) is 11.9. The van der Waals surface area contributed by atoms with Crippen molar-refractivity contribution in [1.29, 1.82) is 0 Å². The van der Waals surface area contributed by atoms with Crippen molar-refractivity contribution < 1.29 is 24.1 Å². The van der Waals surface area contributed by atoms with Gasteiger partial charge in [0.1, 0.15) is 0 Å². The summed E-state index contributed by atoms with van der Waals surface area (Å²) < 4.78 is 69.0. The van der Waals surface area contributed by atoms with E-state index in [4.69, 9.17) is 2.51 Å². The molecule has 0 radical (unpaired) electrons. The second kappa shape index (κ2) is 7.95. The Morgan fingerprint density at radius 1 is 0.929 bits per heavy atom. The van der Waals surface area contributed by atoms with Gasteiger partial charge in [0.2, 0.25) is 0 Å². The molecule has 0 saturated carbocycles. The van der Waals surface area contributed by atoms with E-state index in [-0.39, 0.29) is 5.41 Å². The van der Waals surface area contributed by atoms with Gasteiger partial charge in [-0.2, -0.15) is 0 Å². The standard InChI is InChI=1S/C20H24F3IO3S/c1-13-10-14(2)18(15(3)11-13)24(27-28(25,26)20(21,22)23)17-9-7-8-16(12-17)19(4,5)6/h7-12H,1-6H3. The van der Waals surface area contributed by atoms with Gasteiger partial charge in [-0.3, -0.25) is 0 Å². The van der Waals surface area contributed by atoms with Crippen LogP contribution < -0.4 is 0 Å². The first-order chi connectivity index (χ1) is 12.6. The molecule has 0 aliphatic carbocycles. The second-order valence-corrected chi connectivity index (χ2v) is 14.0. The van der Waals surface area contributed by atoms with Crippen LogP contribution in [0.5, 0.6) is 0 Å². The molecule has 156 valence electrons. The molecule has 0 heterocycles.